The van der Waals surface area contributed by atoms with E-state index < -0.39 is 0 Å². The first-order chi connectivity index (χ1) is 10.6. The van der Waals surface area contributed by atoms with Crippen molar-refractivity contribution in [1.82, 2.24) is 9.88 Å². The minimum absolute atomic E-state index is 0.462. The number of nitrogens with zero attached hydrogens (tertiary/aromatic N) is 2. The van der Waals surface area contributed by atoms with Crippen LogP contribution in [-0.2, 0) is 0 Å². The Morgan fingerprint density at radius 1 is 1.45 bits per heavy atom. The van der Waals surface area contributed by atoms with Crippen molar-refractivity contribution in [2.75, 3.05) is 7.05 Å². The van der Waals surface area contributed by atoms with Gasteiger partial charge in [-0.3, -0.25) is 4.90 Å². The molecule has 0 amide bonds. The second-order valence-corrected chi connectivity index (χ2v) is 6.07. The Hall–Kier alpha value is -2.07. The summed E-state index contributed by atoms with van der Waals surface area (Å²) in [5.74, 6) is 0. The predicted molar refractivity (Wildman–Crippen MR) is 94.5 cm³/mol. The molecule has 0 spiro atoms. The van der Waals surface area contributed by atoms with E-state index in [2.05, 4.69) is 60.2 Å². The maximum atomic E-state index is 5.41. The Kier molecular flexibility index (Phi) is 4.03. The number of aliphatic imine (C=N–C) groups is 1. The van der Waals surface area contributed by atoms with Crippen LogP contribution in [0.3, 0.4) is 0 Å². The quantitative estimate of drug-likeness (QED) is 0.670. The van der Waals surface area contributed by atoms with Gasteiger partial charge in [-0.15, -0.1) is 0 Å². The molecule has 3 N–H and O–H groups in total. The van der Waals surface area contributed by atoms with Crippen molar-refractivity contribution in [3.63, 3.8) is 0 Å². The number of likely N-dealkylation sites (N-methyl/N-ethyl adjacent to an activating group) is 1. The zero-order chi connectivity index (χ0) is 15.7. The van der Waals surface area contributed by atoms with Crippen molar-refractivity contribution in [3.05, 3.63) is 36.0 Å². The lowest BCUT2D eigenvalue weighted by atomic mass is 9.90. The molecular formula is C18H24N4. The monoisotopic (exact) mass is 296 g/mol. The van der Waals surface area contributed by atoms with Gasteiger partial charge in [0.25, 0.3) is 0 Å². The molecule has 1 aromatic heterocycles. The number of hydrogen-bond acceptors (Lipinski definition) is 2. The number of rotatable bonds is 3. The lowest BCUT2D eigenvalue weighted by molar-refractivity contribution is 0.200. The molecule has 0 saturated carbocycles. The molecular weight excluding hydrogens is 272 g/mol. The fraction of sp³-hybridized carbons (Fsp3) is 0.389. The molecule has 116 valence electrons. The highest BCUT2D eigenvalue weighted by molar-refractivity contribution is 5.94. The standard InChI is InChI=1S/C18H24N4/c1-4-15-8-13(7-12(2)22(15)3)17-10-20-18-6-5-14(21-11-19)9-16(17)18/h5-7,9-12,15,20H,4,8H2,1-3H3,(H2,19,21). The number of aromatic nitrogens is 1. The summed E-state index contributed by atoms with van der Waals surface area (Å²) in [6, 6.07) is 7.22. The van der Waals surface area contributed by atoms with Crippen LogP contribution in [0.5, 0.6) is 0 Å². The first kappa shape index (κ1) is 14.9. The number of aromatic amines is 1. The lowest BCUT2D eigenvalue weighted by Crippen LogP contribution is -2.40. The maximum Gasteiger partial charge on any atom is 0.0860 e. The van der Waals surface area contributed by atoms with Crippen molar-refractivity contribution in [2.45, 2.75) is 38.8 Å². The van der Waals surface area contributed by atoms with Gasteiger partial charge in [-0.25, -0.2) is 4.99 Å². The van der Waals surface area contributed by atoms with Gasteiger partial charge in [0.2, 0.25) is 0 Å². The molecule has 22 heavy (non-hydrogen) atoms. The van der Waals surface area contributed by atoms with E-state index in [0.29, 0.717) is 12.1 Å². The normalized spacial score (nSPS) is 23.3. The lowest BCUT2D eigenvalue weighted by Gasteiger charge is -2.36. The van der Waals surface area contributed by atoms with Crippen molar-refractivity contribution in [2.24, 2.45) is 10.7 Å². The molecule has 2 aromatic rings. The molecule has 1 aliphatic rings. The smallest absolute Gasteiger partial charge is 0.0860 e. The number of benzene rings is 1. The minimum Gasteiger partial charge on any atom is -0.390 e. The molecule has 2 unspecified atom stereocenters. The zero-order valence-electron chi connectivity index (χ0n) is 13.5. The van der Waals surface area contributed by atoms with Gasteiger partial charge in [0.1, 0.15) is 0 Å². The van der Waals surface area contributed by atoms with Gasteiger partial charge in [-0.2, -0.15) is 0 Å². The molecule has 0 saturated heterocycles. The van der Waals surface area contributed by atoms with Crippen molar-refractivity contribution in [1.29, 1.82) is 0 Å². The van der Waals surface area contributed by atoms with Gasteiger partial charge in [-0.1, -0.05) is 13.0 Å². The average molecular weight is 296 g/mol. The third-order valence-corrected chi connectivity index (χ3v) is 4.82. The number of nitrogens with two attached hydrogens (primary N) is 1. The summed E-state index contributed by atoms with van der Waals surface area (Å²) in [6.07, 6.45) is 8.11. The summed E-state index contributed by atoms with van der Waals surface area (Å²) in [4.78, 5) is 10.0. The van der Waals surface area contributed by atoms with E-state index in [1.807, 2.05) is 6.07 Å². The summed E-state index contributed by atoms with van der Waals surface area (Å²) in [5.41, 5.74) is 10.2. The van der Waals surface area contributed by atoms with Gasteiger partial charge < -0.3 is 10.7 Å². The van der Waals surface area contributed by atoms with Gasteiger partial charge in [0.05, 0.1) is 12.0 Å². The first-order valence-corrected chi connectivity index (χ1v) is 7.92. The Morgan fingerprint density at radius 3 is 3.00 bits per heavy atom. The summed E-state index contributed by atoms with van der Waals surface area (Å²) in [6.45, 7) is 4.53. The predicted octanol–water partition coefficient (Wildman–Crippen LogP) is 3.67. The molecule has 2 atom stereocenters. The van der Waals surface area contributed by atoms with Crippen LogP contribution in [0.25, 0.3) is 16.5 Å². The Labute approximate surface area is 131 Å². The topological polar surface area (TPSA) is 57.4 Å². The van der Waals surface area contributed by atoms with E-state index in [9.17, 15) is 0 Å². The average Bonchev–Trinajstić information content (AvgIpc) is 2.93. The molecule has 1 aromatic carbocycles. The number of fused-ring (bicyclic) bond motifs is 1. The highest BCUT2D eigenvalue weighted by Crippen LogP contribution is 2.35. The molecule has 0 fully saturated rings. The van der Waals surface area contributed by atoms with Crippen LogP contribution < -0.4 is 5.73 Å². The second-order valence-electron chi connectivity index (χ2n) is 6.07. The number of nitrogens with one attached hydrogen (secondary N) is 1. The van der Waals surface area contributed by atoms with Gasteiger partial charge in [0, 0.05) is 34.7 Å². The molecule has 4 heteroatoms. The van der Waals surface area contributed by atoms with E-state index in [0.717, 1.165) is 17.6 Å². The first-order valence-electron chi connectivity index (χ1n) is 7.92. The van der Waals surface area contributed by atoms with Crippen LogP contribution >= 0.6 is 0 Å². The van der Waals surface area contributed by atoms with E-state index in [4.69, 9.17) is 5.73 Å². The SMILES string of the molecule is CCC1CC(c2c[nH]c3ccc(N=CN)cc23)=CC(C)N1C. The van der Waals surface area contributed by atoms with Crippen LogP contribution in [0.2, 0.25) is 0 Å². The van der Waals surface area contributed by atoms with E-state index in [-0.39, 0.29) is 0 Å². The third-order valence-electron chi connectivity index (χ3n) is 4.82. The minimum atomic E-state index is 0.462. The van der Waals surface area contributed by atoms with Gasteiger partial charge >= 0.3 is 0 Å². The van der Waals surface area contributed by atoms with E-state index >= 15 is 0 Å². The zero-order valence-corrected chi connectivity index (χ0v) is 13.5. The molecule has 0 radical (unpaired) electrons. The fourth-order valence-electron chi connectivity index (χ4n) is 3.38. The summed E-state index contributed by atoms with van der Waals surface area (Å²) in [5, 5.41) is 1.22. The molecule has 2 heterocycles. The highest BCUT2D eigenvalue weighted by atomic mass is 15.2. The van der Waals surface area contributed by atoms with Crippen molar-refractivity contribution in [3.8, 4) is 0 Å². The molecule has 0 bridgehead atoms. The molecule has 1 aliphatic heterocycles. The van der Waals surface area contributed by atoms with E-state index in [1.165, 1.54) is 29.3 Å². The number of hydrogen-bond donors (Lipinski definition) is 2. The van der Waals surface area contributed by atoms with Crippen molar-refractivity contribution >= 4 is 28.5 Å². The fourth-order valence-corrected chi connectivity index (χ4v) is 3.38. The summed E-state index contributed by atoms with van der Waals surface area (Å²) in [7, 11) is 2.22. The van der Waals surface area contributed by atoms with Crippen LogP contribution in [0.1, 0.15) is 32.3 Å². The second kappa shape index (κ2) is 5.97. The highest BCUT2D eigenvalue weighted by Gasteiger charge is 2.25. The van der Waals surface area contributed by atoms with Gasteiger partial charge in [-0.05, 0) is 50.6 Å². The van der Waals surface area contributed by atoms with Crippen LogP contribution in [-0.4, -0.2) is 35.4 Å². The Balaban J connectivity index is 2.06. The molecule has 3 rings (SSSR count). The van der Waals surface area contributed by atoms with Gasteiger partial charge in [0.15, 0.2) is 0 Å². The van der Waals surface area contributed by atoms with Crippen molar-refractivity contribution < 1.29 is 0 Å². The third kappa shape index (κ3) is 2.55. The number of H-pyrrole nitrogens is 1. The Morgan fingerprint density at radius 2 is 2.27 bits per heavy atom. The maximum absolute atomic E-state index is 5.41. The largest absolute Gasteiger partial charge is 0.390 e. The van der Waals surface area contributed by atoms with Crippen LogP contribution in [0.15, 0.2) is 35.5 Å². The molecule has 0 aliphatic carbocycles. The van der Waals surface area contributed by atoms with Crippen LogP contribution in [0, 0.1) is 0 Å². The van der Waals surface area contributed by atoms with Crippen LogP contribution in [0.4, 0.5) is 5.69 Å². The Bertz CT molecular complexity index is 726. The summed E-state index contributed by atoms with van der Waals surface area (Å²) < 4.78 is 0. The van der Waals surface area contributed by atoms with E-state index in [1.54, 1.807) is 0 Å². The summed E-state index contributed by atoms with van der Waals surface area (Å²) >= 11 is 0. The molecule has 4 nitrogen and oxygen atoms in total.